The van der Waals surface area contributed by atoms with Crippen LogP contribution in [0.2, 0.25) is 0 Å². The molecule has 1 aromatic carbocycles. The van der Waals surface area contributed by atoms with Gasteiger partial charge in [-0.05, 0) is 38.7 Å². The number of amides is 2. The van der Waals surface area contributed by atoms with E-state index in [1.54, 1.807) is 0 Å². The minimum Gasteiger partial charge on any atom is -0.330 e. The molecule has 1 heterocycles. The quantitative estimate of drug-likeness (QED) is 0.746. The second-order valence-corrected chi connectivity index (χ2v) is 8.71. The zero-order chi connectivity index (χ0) is 19.9. The Labute approximate surface area is 171 Å². The Morgan fingerprint density at radius 2 is 1.86 bits per heavy atom. The number of carbonyl (C=O) groups excluding carboxylic acids is 2. The lowest BCUT2D eigenvalue weighted by Crippen LogP contribution is -2.45. The van der Waals surface area contributed by atoms with Gasteiger partial charge in [-0.1, -0.05) is 49.6 Å². The van der Waals surface area contributed by atoms with Gasteiger partial charge < -0.3 is 10.2 Å². The van der Waals surface area contributed by atoms with E-state index >= 15 is 0 Å². The lowest BCUT2D eigenvalue weighted by molar-refractivity contribution is -0.137. The van der Waals surface area contributed by atoms with Crippen LogP contribution in [-0.2, 0) is 16.0 Å². The molecular weight excluding hydrogens is 370 g/mol. The van der Waals surface area contributed by atoms with Crippen LogP contribution < -0.4 is 5.32 Å². The van der Waals surface area contributed by atoms with Crippen LogP contribution in [0.25, 0.3) is 0 Å². The number of hydrogen-bond donors (Lipinski definition) is 1. The van der Waals surface area contributed by atoms with E-state index < -0.39 is 0 Å². The van der Waals surface area contributed by atoms with Crippen LogP contribution >= 0.6 is 11.3 Å². The second-order valence-electron chi connectivity index (χ2n) is 7.51. The monoisotopic (exact) mass is 399 g/mol. The maximum Gasteiger partial charge on any atom is 0.245 e. The van der Waals surface area contributed by atoms with Crippen molar-refractivity contribution in [1.29, 1.82) is 0 Å². The molecule has 1 N–H and O–H groups in total. The number of thiazole rings is 1. The molecule has 2 amide bonds. The predicted molar refractivity (Wildman–Crippen MR) is 114 cm³/mol. The molecule has 2 aromatic rings. The Balaban J connectivity index is 1.63. The molecule has 3 rings (SSSR count). The first-order chi connectivity index (χ1) is 13.5. The van der Waals surface area contributed by atoms with Crippen molar-refractivity contribution >= 4 is 28.3 Å². The molecule has 0 radical (unpaired) electrons. The van der Waals surface area contributed by atoms with Gasteiger partial charge in [-0.15, -0.1) is 11.3 Å². The highest BCUT2D eigenvalue weighted by Gasteiger charge is 2.27. The highest BCUT2D eigenvalue weighted by molar-refractivity contribution is 7.15. The Bertz CT molecular complexity index is 778. The molecule has 1 aromatic heterocycles. The van der Waals surface area contributed by atoms with Gasteiger partial charge in [0.25, 0.3) is 0 Å². The van der Waals surface area contributed by atoms with Crippen LogP contribution in [0.4, 0.5) is 5.13 Å². The third-order valence-corrected chi connectivity index (χ3v) is 6.38. The number of benzene rings is 1. The summed E-state index contributed by atoms with van der Waals surface area (Å²) in [5.41, 5.74) is 2.08. The summed E-state index contributed by atoms with van der Waals surface area (Å²) in [6.45, 7) is 4.03. The van der Waals surface area contributed by atoms with Gasteiger partial charge >= 0.3 is 0 Å². The highest BCUT2D eigenvalue weighted by Crippen LogP contribution is 2.24. The minimum atomic E-state index is -0.160. The molecule has 0 atom stereocenters. The number of rotatable bonds is 7. The molecule has 0 unspecified atom stereocenters. The number of nitrogens with zero attached hydrogens (tertiary/aromatic N) is 2. The van der Waals surface area contributed by atoms with Gasteiger partial charge in [0.15, 0.2) is 5.13 Å². The fourth-order valence-electron chi connectivity index (χ4n) is 3.69. The van der Waals surface area contributed by atoms with Crippen molar-refractivity contribution in [3.63, 3.8) is 0 Å². The number of aryl methyl sites for hydroxylation is 3. The Hall–Kier alpha value is -2.21. The summed E-state index contributed by atoms with van der Waals surface area (Å²) in [7, 11) is 0. The maximum absolute atomic E-state index is 13.0. The van der Waals surface area contributed by atoms with Crippen molar-refractivity contribution in [2.24, 2.45) is 0 Å². The Morgan fingerprint density at radius 1 is 1.14 bits per heavy atom. The van der Waals surface area contributed by atoms with Gasteiger partial charge in [-0.25, -0.2) is 4.98 Å². The summed E-state index contributed by atoms with van der Waals surface area (Å²) in [6, 6.07) is 10.2. The number of aromatic nitrogens is 1. The van der Waals surface area contributed by atoms with E-state index in [0.29, 0.717) is 18.0 Å². The fourth-order valence-corrected chi connectivity index (χ4v) is 4.52. The van der Waals surface area contributed by atoms with Crippen molar-refractivity contribution in [3.8, 4) is 0 Å². The molecule has 0 saturated heterocycles. The van der Waals surface area contributed by atoms with Gasteiger partial charge in [0.1, 0.15) is 6.54 Å². The van der Waals surface area contributed by atoms with Crippen molar-refractivity contribution in [1.82, 2.24) is 9.88 Å². The summed E-state index contributed by atoms with van der Waals surface area (Å²) in [5.74, 6) is -0.0928. The Morgan fingerprint density at radius 3 is 2.50 bits per heavy atom. The molecular formula is C22H29N3O2S. The lowest BCUT2D eigenvalue weighted by Gasteiger charge is -2.34. The molecule has 5 nitrogen and oxygen atoms in total. The van der Waals surface area contributed by atoms with Gasteiger partial charge in [-0.3, -0.25) is 9.59 Å². The van der Waals surface area contributed by atoms with E-state index in [9.17, 15) is 9.59 Å². The average Bonchev–Trinajstić information content (AvgIpc) is 3.02. The van der Waals surface area contributed by atoms with E-state index in [1.807, 2.05) is 49.1 Å². The number of hydrogen-bond acceptors (Lipinski definition) is 4. The predicted octanol–water partition coefficient (Wildman–Crippen LogP) is 4.49. The summed E-state index contributed by atoms with van der Waals surface area (Å²) in [5, 5.41) is 3.49. The largest absolute Gasteiger partial charge is 0.330 e. The molecule has 0 spiro atoms. The van der Waals surface area contributed by atoms with Crippen LogP contribution in [0.1, 0.15) is 54.7 Å². The van der Waals surface area contributed by atoms with Crippen LogP contribution in [0.5, 0.6) is 0 Å². The maximum atomic E-state index is 13.0. The molecule has 150 valence electrons. The van der Waals surface area contributed by atoms with E-state index in [0.717, 1.165) is 41.8 Å². The second kappa shape index (κ2) is 9.82. The molecule has 1 fully saturated rings. The summed E-state index contributed by atoms with van der Waals surface area (Å²) in [6.07, 6.45) is 6.57. The van der Waals surface area contributed by atoms with Crippen molar-refractivity contribution < 1.29 is 9.59 Å². The standard InChI is InChI=1S/C22H29N3O2S/c1-16-17(2)28-22(23-16)24-20(26)15-25(19-11-7-4-8-12-19)21(27)14-13-18-9-5-3-6-10-18/h3,5-6,9-10,19H,4,7-8,11-15H2,1-2H3,(H,23,24,26). The molecule has 1 aliphatic rings. The molecule has 28 heavy (non-hydrogen) atoms. The van der Waals surface area contributed by atoms with Crippen LogP contribution in [0, 0.1) is 13.8 Å². The molecule has 1 aliphatic carbocycles. The van der Waals surface area contributed by atoms with E-state index in [2.05, 4.69) is 10.3 Å². The van der Waals surface area contributed by atoms with E-state index in [4.69, 9.17) is 0 Å². The number of anilines is 1. The summed E-state index contributed by atoms with van der Waals surface area (Å²) < 4.78 is 0. The Kier molecular flexibility index (Phi) is 7.20. The van der Waals surface area contributed by atoms with Crippen molar-refractivity contribution in [2.45, 2.75) is 64.8 Å². The van der Waals surface area contributed by atoms with Gasteiger partial charge in [0, 0.05) is 17.3 Å². The van der Waals surface area contributed by atoms with Crippen LogP contribution in [-0.4, -0.2) is 34.3 Å². The van der Waals surface area contributed by atoms with Crippen molar-refractivity contribution in [2.75, 3.05) is 11.9 Å². The lowest BCUT2D eigenvalue weighted by atomic mass is 9.93. The van der Waals surface area contributed by atoms with Gasteiger partial charge in [0.2, 0.25) is 11.8 Å². The normalized spacial score (nSPS) is 14.6. The summed E-state index contributed by atoms with van der Waals surface area (Å²) >= 11 is 1.47. The smallest absolute Gasteiger partial charge is 0.245 e. The topological polar surface area (TPSA) is 62.3 Å². The van der Waals surface area contributed by atoms with Gasteiger partial charge in [-0.2, -0.15) is 0 Å². The third kappa shape index (κ3) is 5.64. The van der Waals surface area contributed by atoms with Crippen LogP contribution in [0.3, 0.4) is 0 Å². The molecule has 0 aliphatic heterocycles. The first-order valence-corrected chi connectivity index (χ1v) is 10.9. The van der Waals surface area contributed by atoms with Crippen molar-refractivity contribution in [3.05, 3.63) is 46.5 Å². The molecule has 0 bridgehead atoms. The highest BCUT2D eigenvalue weighted by atomic mass is 32.1. The third-order valence-electron chi connectivity index (χ3n) is 5.40. The van der Waals surface area contributed by atoms with Gasteiger partial charge in [0.05, 0.1) is 5.69 Å². The average molecular weight is 400 g/mol. The first-order valence-electron chi connectivity index (χ1n) is 10.1. The minimum absolute atomic E-state index is 0.0670. The summed E-state index contributed by atoms with van der Waals surface area (Å²) in [4.78, 5) is 32.9. The number of nitrogens with one attached hydrogen (secondary N) is 1. The zero-order valence-corrected chi connectivity index (χ0v) is 17.6. The zero-order valence-electron chi connectivity index (χ0n) is 16.7. The first kappa shape index (κ1) is 20.5. The number of carbonyl (C=O) groups is 2. The van der Waals surface area contributed by atoms with E-state index in [1.165, 1.54) is 17.8 Å². The van der Waals surface area contributed by atoms with Crippen LogP contribution in [0.15, 0.2) is 30.3 Å². The fraction of sp³-hybridized carbons (Fsp3) is 0.500. The molecule has 1 saturated carbocycles. The molecule has 6 heteroatoms. The van der Waals surface area contributed by atoms with E-state index in [-0.39, 0.29) is 24.4 Å². The SMILES string of the molecule is Cc1nc(NC(=O)CN(C(=O)CCc2ccccc2)C2CCCCC2)sc1C.